The molecule has 0 saturated carbocycles. The summed E-state index contributed by atoms with van der Waals surface area (Å²) in [7, 11) is -1.94. The minimum atomic E-state index is -3.29. The van der Waals surface area contributed by atoms with Gasteiger partial charge in [0.15, 0.2) is 9.84 Å². The van der Waals surface area contributed by atoms with E-state index in [4.69, 9.17) is 11.6 Å². The molecule has 0 radical (unpaired) electrons. The molecule has 1 aromatic heterocycles. The fourth-order valence-electron chi connectivity index (χ4n) is 2.99. The minimum absolute atomic E-state index is 0.245. The van der Waals surface area contributed by atoms with E-state index in [1.807, 2.05) is 61.0 Å². The van der Waals surface area contributed by atoms with Crippen molar-refractivity contribution >= 4 is 54.7 Å². The number of sulfone groups is 1. The summed E-state index contributed by atoms with van der Waals surface area (Å²) < 4.78 is 29.8. The first-order valence-electron chi connectivity index (χ1n) is 10.7. The topological polar surface area (TPSA) is 78.3 Å². The number of halogens is 1. The second kappa shape index (κ2) is 12.8. The Hall–Kier alpha value is -2.81. The lowest BCUT2D eigenvalue weighted by Crippen LogP contribution is -2.04. The van der Waals surface area contributed by atoms with Gasteiger partial charge in [0.1, 0.15) is 0 Å². The molecule has 9 heteroatoms. The second-order valence-corrected chi connectivity index (χ2v) is 11.1. The van der Waals surface area contributed by atoms with E-state index in [9.17, 15) is 13.2 Å². The molecule has 3 rings (SSSR count). The maximum Gasteiger partial charge on any atom is 0.302 e. The SMILES string of the molecule is C=C(S/C(=C\C)c1cc(C)nn1C1=CCC=CC=C1Cl)c1cccc(S(C)(=O)=O)c1.COC(C)=O. The number of nitrogens with zero attached hydrogens (tertiary/aromatic N) is 2. The van der Waals surface area contributed by atoms with E-state index in [2.05, 4.69) is 16.4 Å². The second-order valence-electron chi connectivity index (χ2n) is 7.52. The van der Waals surface area contributed by atoms with Gasteiger partial charge in [-0.1, -0.05) is 66.4 Å². The third kappa shape index (κ3) is 8.13. The molecule has 0 unspecified atom stereocenters. The number of allylic oxidation sites excluding steroid dienone is 7. The number of thioether (sulfide) groups is 1. The molecule has 6 nitrogen and oxygen atoms in total. The average molecular weight is 533 g/mol. The van der Waals surface area contributed by atoms with E-state index in [-0.39, 0.29) is 10.9 Å². The predicted molar refractivity (Wildman–Crippen MR) is 146 cm³/mol. The molecule has 1 aliphatic rings. The lowest BCUT2D eigenvalue weighted by molar-refractivity contribution is -0.137. The number of rotatable bonds is 6. The molecule has 0 N–H and O–H groups in total. The van der Waals surface area contributed by atoms with Gasteiger partial charge in [0.2, 0.25) is 0 Å². The monoisotopic (exact) mass is 532 g/mol. The van der Waals surface area contributed by atoms with Gasteiger partial charge in [0.25, 0.3) is 0 Å². The van der Waals surface area contributed by atoms with E-state index in [1.54, 1.807) is 18.2 Å². The Morgan fingerprint density at radius 1 is 1.31 bits per heavy atom. The molecule has 35 heavy (non-hydrogen) atoms. The van der Waals surface area contributed by atoms with Crippen molar-refractivity contribution in [2.75, 3.05) is 13.4 Å². The highest BCUT2D eigenvalue weighted by atomic mass is 35.5. The van der Waals surface area contributed by atoms with Gasteiger partial charge in [0.05, 0.1) is 34.1 Å². The summed E-state index contributed by atoms with van der Waals surface area (Å²) in [6.45, 7) is 9.43. The molecule has 0 spiro atoms. The zero-order valence-electron chi connectivity index (χ0n) is 20.4. The summed E-state index contributed by atoms with van der Waals surface area (Å²) in [6.07, 6.45) is 11.8. The first-order valence-corrected chi connectivity index (χ1v) is 13.7. The molecule has 1 heterocycles. The molecular weight excluding hydrogens is 504 g/mol. The molecule has 0 aliphatic heterocycles. The van der Waals surface area contributed by atoms with Crippen molar-refractivity contribution in [3.63, 3.8) is 0 Å². The highest BCUT2D eigenvalue weighted by molar-refractivity contribution is 8.16. The van der Waals surface area contributed by atoms with Crippen molar-refractivity contribution in [3.8, 4) is 0 Å². The summed E-state index contributed by atoms with van der Waals surface area (Å²) in [5.74, 6) is -0.245. The fraction of sp³-hybridized carbons (Fsp3) is 0.231. The van der Waals surface area contributed by atoms with Crippen LogP contribution in [0.15, 0.2) is 77.2 Å². The summed E-state index contributed by atoms with van der Waals surface area (Å²) in [5.41, 5.74) is 3.37. The zero-order valence-corrected chi connectivity index (χ0v) is 22.8. The van der Waals surface area contributed by atoms with Crippen molar-refractivity contribution in [1.29, 1.82) is 0 Å². The van der Waals surface area contributed by atoms with Crippen LogP contribution in [0.25, 0.3) is 15.5 Å². The molecule has 0 bridgehead atoms. The van der Waals surface area contributed by atoms with E-state index < -0.39 is 9.84 Å². The van der Waals surface area contributed by atoms with Gasteiger partial charge in [-0.05, 0) is 50.1 Å². The largest absolute Gasteiger partial charge is 0.469 e. The van der Waals surface area contributed by atoms with Crippen LogP contribution in [0.5, 0.6) is 0 Å². The summed E-state index contributed by atoms with van der Waals surface area (Å²) in [6, 6.07) is 8.84. The Labute approximate surface area is 216 Å². The molecular formula is C26H29ClN2O4S2. The predicted octanol–water partition coefficient (Wildman–Crippen LogP) is 6.46. The smallest absolute Gasteiger partial charge is 0.302 e. The third-order valence-corrected chi connectivity index (χ3v) is 7.33. The van der Waals surface area contributed by atoms with Gasteiger partial charge in [0, 0.05) is 23.0 Å². The van der Waals surface area contributed by atoms with Crippen molar-refractivity contribution in [2.45, 2.75) is 32.1 Å². The first-order chi connectivity index (χ1) is 16.5. The van der Waals surface area contributed by atoms with Crippen molar-refractivity contribution in [2.24, 2.45) is 0 Å². The van der Waals surface area contributed by atoms with Crippen LogP contribution in [-0.4, -0.2) is 37.5 Å². The Bertz CT molecular complexity index is 1330. The maximum absolute atomic E-state index is 11.9. The number of carbonyl (C=O) groups excluding carboxylic acids is 1. The number of hydrogen-bond acceptors (Lipinski definition) is 6. The molecule has 0 fully saturated rings. The van der Waals surface area contributed by atoms with Crippen molar-refractivity contribution < 1.29 is 17.9 Å². The number of ether oxygens (including phenoxy) is 1. The van der Waals surface area contributed by atoms with Gasteiger partial charge in [-0.15, -0.1) is 0 Å². The van der Waals surface area contributed by atoms with Crippen LogP contribution in [0.1, 0.15) is 37.2 Å². The average Bonchev–Trinajstić information content (AvgIpc) is 3.06. The number of aryl methyl sites for hydroxylation is 1. The highest BCUT2D eigenvalue weighted by Crippen LogP contribution is 2.40. The van der Waals surface area contributed by atoms with Gasteiger partial charge >= 0.3 is 5.97 Å². The molecule has 1 aromatic carbocycles. The fourth-order valence-corrected chi connectivity index (χ4v) is 4.77. The van der Waals surface area contributed by atoms with Gasteiger partial charge in [-0.2, -0.15) is 5.10 Å². The number of methoxy groups -OCH3 is 1. The lowest BCUT2D eigenvalue weighted by atomic mass is 10.2. The van der Waals surface area contributed by atoms with E-state index in [0.717, 1.165) is 38.9 Å². The molecule has 0 amide bonds. The quantitative estimate of drug-likeness (QED) is 0.397. The summed E-state index contributed by atoms with van der Waals surface area (Å²) >= 11 is 7.97. The van der Waals surface area contributed by atoms with Crippen LogP contribution < -0.4 is 0 Å². The number of hydrogen-bond donors (Lipinski definition) is 0. The van der Waals surface area contributed by atoms with Gasteiger partial charge in [-0.3, -0.25) is 4.79 Å². The Morgan fingerprint density at radius 2 is 2.00 bits per heavy atom. The van der Waals surface area contributed by atoms with Crippen LogP contribution >= 0.6 is 23.4 Å². The summed E-state index contributed by atoms with van der Waals surface area (Å²) in [5, 5.41) is 5.27. The highest BCUT2D eigenvalue weighted by Gasteiger charge is 2.18. The van der Waals surface area contributed by atoms with Crippen molar-refractivity contribution in [1.82, 2.24) is 9.78 Å². The number of esters is 1. The standard InChI is InChI=1S/C23H23ClN2O2S2.C3H6O2/c1-5-23(29-17(3)18-10-9-11-19(15-18)30(4,27)28)22-14-16(2)25-26(22)21-13-8-6-7-12-20(21)24;1-3(4)5-2/h5-7,9-15H,3,8H2,1-2,4H3;1-2H3/b23-5-;. The number of aromatic nitrogens is 2. The molecule has 2 aromatic rings. The van der Waals surface area contributed by atoms with Gasteiger partial charge in [-0.25, -0.2) is 13.1 Å². The van der Waals surface area contributed by atoms with Crippen LogP contribution in [0.4, 0.5) is 0 Å². The molecule has 186 valence electrons. The Balaban J connectivity index is 0.000000784. The Morgan fingerprint density at radius 3 is 2.60 bits per heavy atom. The third-order valence-electron chi connectivity index (χ3n) is 4.75. The Kier molecular flexibility index (Phi) is 10.4. The minimum Gasteiger partial charge on any atom is -0.469 e. The normalized spacial score (nSPS) is 13.7. The van der Waals surface area contributed by atoms with Crippen LogP contribution in [0, 0.1) is 6.92 Å². The van der Waals surface area contributed by atoms with E-state index in [1.165, 1.54) is 32.1 Å². The zero-order chi connectivity index (χ0) is 26.2. The van der Waals surface area contributed by atoms with Crippen LogP contribution in [0.3, 0.4) is 0 Å². The molecule has 1 aliphatic carbocycles. The van der Waals surface area contributed by atoms with Gasteiger partial charge < -0.3 is 4.74 Å². The lowest BCUT2D eigenvalue weighted by Gasteiger charge is -2.14. The molecule has 0 saturated heterocycles. The maximum atomic E-state index is 11.9. The van der Waals surface area contributed by atoms with E-state index in [0.29, 0.717) is 5.03 Å². The number of benzene rings is 1. The first kappa shape index (κ1) is 28.4. The van der Waals surface area contributed by atoms with Crippen molar-refractivity contribution in [3.05, 3.63) is 89.3 Å². The van der Waals surface area contributed by atoms with Crippen LogP contribution in [-0.2, 0) is 19.4 Å². The number of carbonyl (C=O) groups is 1. The van der Waals surface area contributed by atoms with E-state index >= 15 is 0 Å². The van der Waals surface area contributed by atoms with Crippen LogP contribution in [0.2, 0.25) is 0 Å². The molecule has 0 atom stereocenters. The summed E-state index contributed by atoms with van der Waals surface area (Å²) in [4.78, 5) is 11.6.